The summed E-state index contributed by atoms with van der Waals surface area (Å²) in [4.78, 5) is 6.43. The lowest BCUT2D eigenvalue weighted by molar-refractivity contribution is 0.199. The minimum absolute atomic E-state index is 0.463. The van der Waals surface area contributed by atoms with E-state index >= 15 is 0 Å². The van der Waals surface area contributed by atoms with Crippen molar-refractivity contribution in [1.29, 1.82) is 0 Å². The highest BCUT2D eigenvalue weighted by Gasteiger charge is 2.07. The van der Waals surface area contributed by atoms with E-state index < -0.39 is 6.10 Å². The van der Waals surface area contributed by atoms with E-state index in [0.717, 1.165) is 17.9 Å². The first-order valence-corrected chi connectivity index (χ1v) is 6.47. The molecule has 0 bridgehead atoms. The lowest BCUT2D eigenvalue weighted by Gasteiger charge is -2.19. The van der Waals surface area contributed by atoms with Gasteiger partial charge in [-0.25, -0.2) is 4.98 Å². The number of benzene rings is 1. The molecule has 0 saturated heterocycles. The van der Waals surface area contributed by atoms with Crippen LogP contribution in [-0.4, -0.2) is 17.1 Å². The molecule has 1 aromatic heterocycles. The minimum atomic E-state index is -0.463. The van der Waals surface area contributed by atoms with Gasteiger partial charge in [0, 0.05) is 19.8 Å². The van der Waals surface area contributed by atoms with Crippen LogP contribution in [0.3, 0.4) is 0 Å². The summed E-state index contributed by atoms with van der Waals surface area (Å²) in [6.45, 7) is 4.65. The fraction of sp³-hybridized carbons (Fsp3) is 0.312. The summed E-state index contributed by atoms with van der Waals surface area (Å²) in [6, 6.07) is 12.3. The Morgan fingerprint density at radius 3 is 2.53 bits per heavy atom. The number of hydrogen-bond acceptors (Lipinski definition) is 3. The zero-order chi connectivity index (χ0) is 13.8. The van der Waals surface area contributed by atoms with E-state index in [1.54, 1.807) is 13.1 Å². The SMILES string of the molecule is Cc1ccc(CN(C)c2cc([C@H](C)O)ccn2)cc1. The Bertz CT molecular complexity index is 535. The lowest BCUT2D eigenvalue weighted by atomic mass is 10.1. The normalized spacial score (nSPS) is 12.2. The molecule has 0 saturated carbocycles. The Labute approximate surface area is 114 Å². The molecule has 3 nitrogen and oxygen atoms in total. The average Bonchev–Trinajstić information content (AvgIpc) is 2.41. The van der Waals surface area contributed by atoms with Crippen LogP contribution < -0.4 is 4.90 Å². The third-order valence-corrected chi connectivity index (χ3v) is 3.18. The Hall–Kier alpha value is -1.87. The number of aromatic nitrogens is 1. The molecule has 0 radical (unpaired) electrons. The average molecular weight is 256 g/mol. The van der Waals surface area contributed by atoms with Crippen molar-refractivity contribution in [2.24, 2.45) is 0 Å². The van der Waals surface area contributed by atoms with Gasteiger partial charge in [0.15, 0.2) is 0 Å². The third kappa shape index (κ3) is 3.55. The molecule has 2 aromatic rings. The predicted octanol–water partition coefficient (Wildman–Crippen LogP) is 3.08. The molecule has 0 aliphatic rings. The number of hydrogen-bond donors (Lipinski definition) is 1. The number of aliphatic hydroxyl groups is 1. The second-order valence-electron chi connectivity index (χ2n) is 4.97. The van der Waals surface area contributed by atoms with Crippen LogP contribution in [0.1, 0.15) is 29.7 Å². The first kappa shape index (κ1) is 13.6. The topological polar surface area (TPSA) is 36.4 Å². The van der Waals surface area contributed by atoms with Gasteiger partial charge in [-0.1, -0.05) is 29.8 Å². The molecule has 1 N–H and O–H groups in total. The number of rotatable bonds is 4. The number of nitrogens with zero attached hydrogens (tertiary/aromatic N) is 2. The van der Waals surface area contributed by atoms with Crippen LogP contribution in [0.5, 0.6) is 0 Å². The van der Waals surface area contributed by atoms with Crippen molar-refractivity contribution in [3.05, 3.63) is 59.3 Å². The van der Waals surface area contributed by atoms with Crippen LogP contribution in [-0.2, 0) is 6.54 Å². The maximum absolute atomic E-state index is 9.60. The smallest absolute Gasteiger partial charge is 0.128 e. The van der Waals surface area contributed by atoms with Gasteiger partial charge >= 0.3 is 0 Å². The highest BCUT2D eigenvalue weighted by molar-refractivity contribution is 5.41. The van der Waals surface area contributed by atoms with E-state index in [0.29, 0.717) is 0 Å². The van der Waals surface area contributed by atoms with Crippen LogP contribution in [0.25, 0.3) is 0 Å². The third-order valence-electron chi connectivity index (χ3n) is 3.18. The highest BCUT2D eigenvalue weighted by Crippen LogP contribution is 2.18. The van der Waals surface area contributed by atoms with E-state index in [1.165, 1.54) is 11.1 Å². The second-order valence-corrected chi connectivity index (χ2v) is 4.97. The monoisotopic (exact) mass is 256 g/mol. The molecule has 100 valence electrons. The molecule has 3 heteroatoms. The van der Waals surface area contributed by atoms with Crippen LogP contribution >= 0.6 is 0 Å². The molecule has 0 aliphatic heterocycles. The molecule has 2 rings (SSSR count). The van der Waals surface area contributed by atoms with Crippen molar-refractivity contribution in [1.82, 2.24) is 4.98 Å². The summed E-state index contributed by atoms with van der Waals surface area (Å²) < 4.78 is 0. The van der Waals surface area contributed by atoms with Gasteiger partial charge in [-0.15, -0.1) is 0 Å². The van der Waals surface area contributed by atoms with Crippen molar-refractivity contribution < 1.29 is 5.11 Å². The fourth-order valence-electron chi connectivity index (χ4n) is 1.95. The Kier molecular flexibility index (Phi) is 4.17. The summed E-state index contributed by atoms with van der Waals surface area (Å²) in [5.41, 5.74) is 3.40. The summed E-state index contributed by atoms with van der Waals surface area (Å²) in [6.07, 6.45) is 1.28. The lowest BCUT2D eigenvalue weighted by Crippen LogP contribution is -2.17. The van der Waals surface area contributed by atoms with E-state index in [9.17, 15) is 5.11 Å². The molecule has 19 heavy (non-hydrogen) atoms. The molecular formula is C16H20N2O. The van der Waals surface area contributed by atoms with Crippen LogP contribution in [0.4, 0.5) is 5.82 Å². The largest absolute Gasteiger partial charge is 0.389 e. The zero-order valence-corrected chi connectivity index (χ0v) is 11.7. The molecule has 0 unspecified atom stereocenters. The second kappa shape index (κ2) is 5.85. The van der Waals surface area contributed by atoms with Crippen molar-refractivity contribution in [2.75, 3.05) is 11.9 Å². The van der Waals surface area contributed by atoms with E-state index in [4.69, 9.17) is 0 Å². The summed E-state index contributed by atoms with van der Waals surface area (Å²) in [5, 5.41) is 9.60. The molecule has 0 aliphatic carbocycles. The number of anilines is 1. The van der Waals surface area contributed by atoms with Gasteiger partial charge < -0.3 is 10.0 Å². The first-order valence-electron chi connectivity index (χ1n) is 6.47. The van der Waals surface area contributed by atoms with Crippen LogP contribution in [0.15, 0.2) is 42.6 Å². The highest BCUT2D eigenvalue weighted by atomic mass is 16.3. The van der Waals surface area contributed by atoms with Gasteiger partial charge in [-0.2, -0.15) is 0 Å². The molecule has 0 spiro atoms. The first-order chi connectivity index (χ1) is 9.06. The quantitative estimate of drug-likeness (QED) is 0.913. The van der Waals surface area contributed by atoms with Crippen molar-refractivity contribution in [3.8, 4) is 0 Å². The Morgan fingerprint density at radius 1 is 1.21 bits per heavy atom. The minimum Gasteiger partial charge on any atom is -0.389 e. The maximum atomic E-state index is 9.60. The summed E-state index contributed by atoms with van der Waals surface area (Å²) in [7, 11) is 2.01. The molecule has 0 fully saturated rings. The standard InChI is InChI=1S/C16H20N2O/c1-12-4-6-14(7-5-12)11-18(3)16-10-15(13(2)19)8-9-17-16/h4-10,13,19H,11H2,1-3H3/t13-/m0/s1. The maximum Gasteiger partial charge on any atom is 0.128 e. The van der Waals surface area contributed by atoms with E-state index in [2.05, 4.69) is 41.1 Å². The number of pyridine rings is 1. The van der Waals surface area contributed by atoms with Crippen LogP contribution in [0, 0.1) is 6.92 Å². The fourth-order valence-corrected chi connectivity index (χ4v) is 1.95. The summed E-state index contributed by atoms with van der Waals surface area (Å²) >= 11 is 0. The molecule has 1 heterocycles. The molecule has 1 aromatic carbocycles. The molecule has 1 atom stereocenters. The van der Waals surface area contributed by atoms with Crippen molar-refractivity contribution in [2.45, 2.75) is 26.5 Å². The number of aliphatic hydroxyl groups excluding tert-OH is 1. The van der Waals surface area contributed by atoms with Gasteiger partial charge in [0.05, 0.1) is 6.10 Å². The molecule has 0 amide bonds. The van der Waals surface area contributed by atoms with Crippen molar-refractivity contribution >= 4 is 5.82 Å². The molecular weight excluding hydrogens is 236 g/mol. The Morgan fingerprint density at radius 2 is 1.89 bits per heavy atom. The van der Waals surface area contributed by atoms with Crippen molar-refractivity contribution in [3.63, 3.8) is 0 Å². The van der Waals surface area contributed by atoms with E-state index in [1.807, 2.05) is 19.2 Å². The van der Waals surface area contributed by atoms with Crippen LogP contribution in [0.2, 0.25) is 0 Å². The summed E-state index contributed by atoms with van der Waals surface area (Å²) in [5.74, 6) is 0.874. The van der Waals surface area contributed by atoms with Gasteiger partial charge in [-0.05, 0) is 37.1 Å². The van der Waals surface area contributed by atoms with Gasteiger partial charge in [0.2, 0.25) is 0 Å². The van der Waals surface area contributed by atoms with E-state index in [-0.39, 0.29) is 0 Å². The van der Waals surface area contributed by atoms with Gasteiger partial charge in [0.1, 0.15) is 5.82 Å². The van der Waals surface area contributed by atoms with Gasteiger partial charge in [-0.3, -0.25) is 0 Å². The Balaban J connectivity index is 2.13. The number of aryl methyl sites for hydroxylation is 1. The zero-order valence-electron chi connectivity index (χ0n) is 11.7. The predicted molar refractivity (Wildman–Crippen MR) is 78.2 cm³/mol. The van der Waals surface area contributed by atoms with Gasteiger partial charge in [0.25, 0.3) is 0 Å².